The standard InChI is InChI=1S/C17H25NO3S/c1-2-13-22(20,21)16-12-8-7-11-15(16)17(19)18-14-9-5-3-4-6-10-14/h7-8,11-12,14H,2-6,9-10,13H2,1H3,(H,18,19). The molecule has 5 heteroatoms. The number of hydrogen-bond acceptors (Lipinski definition) is 3. The molecule has 1 aliphatic carbocycles. The maximum absolute atomic E-state index is 12.5. The van der Waals surface area contributed by atoms with Gasteiger partial charge in [-0.1, -0.05) is 44.7 Å². The first kappa shape index (κ1) is 17.0. The third-order valence-electron chi connectivity index (χ3n) is 4.13. The molecule has 1 aliphatic rings. The Hall–Kier alpha value is -1.36. The predicted octanol–water partition coefficient (Wildman–Crippen LogP) is 3.32. The fourth-order valence-electron chi connectivity index (χ4n) is 2.99. The van der Waals surface area contributed by atoms with Crippen LogP contribution in [-0.2, 0) is 9.84 Å². The van der Waals surface area contributed by atoms with E-state index in [1.165, 1.54) is 18.9 Å². The Bertz CT molecular complexity index is 602. The van der Waals surface area contributed by atoms with Crippen molar-refractivity contribution in [3.05, 3.63) is 29.8 Å². The van der Waals surface area contributed by atoms with Crippen molar-refractivity contribution in [1.29, 1.82) is 0 Å². The number of sulfone groups is 1. The molecular formula is C17H25NO3S. The highest BCUT2D eigenvalue weighted by atomic mass is 32.2. The Morgan fingerprint density at radius 1 is 1.14 bits per heavy atom. The summed E-state index contributed by atoms with van der Waals surface area (Å²) in [6, 6.07) is 6.69. The van der Waals surface area contributed by atoms with Gasteiger partial charge in [-0.05, 0) is 31.4 Å². The molecule has 1 amide bonds. The number of carbonyl (C=O) groups excluding carboxylic acids is 1. The summed E-state index contributed by atoms with van der Waals surface area (Å²) in [7, 11) is -3.39. The first-order valence-corrected chi connectivity index (χ1v) is 9.82. The van der Waals surface area contributed by atoms with E-state index >= 15 is 0 Å². The van der Waals surface area contributed by atoms with Crippen molar-refractivity contribution in [2.45, 2.75) is 62.8 Å². The Labute approximate surface area is 133 Å². The molecule has 0 atom stereocenters. The SMILES string of the molecule is CCCS(=O)(=O)c1ccccc1C(=O)NC1CCCCCC1. The number of benzene rings is 1. The predicted molar refractivity (Wildman–Crippen MR) is 87.7 cm³/mol. The molecule has 0 saturated heterocycles. The quantitative estimate of drug-likeness (QED) is 0.845. The molecule has 0 radical (unpaired) electrons. The number of rotatable bonds is 5. The van der Waals surface area contributed by atoms with E-state index in [9.17, 15) is 13.2 Å². The van der Waals surface area contributed by atoms with Gasteiger partial charge in [-0.3, -0.25) is 4.79 Å². The van der Waals surface area contributed by atoms with Crippen molar-refractivity contribution in [2.75, 3.05) is 5.75 Å². The molecule has 0 unspecified atom stereocenters. The highest BCUT2D eigenvalue weighted by Crippen LogP contribution is 2.20. The molecule has 122 valence electrons. The van der Waals surface area contributed by atoms with Crippen LogP contribution in [0.4, 0.5) is 0 Å². The monoisotopic (exact) mass is 323 g/mol. The highest BCUT2D eigenvalue weighted by molar-refractivity contribution is 7.91. The molecule has 0 spiro atoms. The van der Waals surface area contributed by atoms with Crippen molar-refractivity contribution >= 4 is 15.7 Å². The fourth-order valence-corrected chi connectivity index (χ4v) is 4.53. The Kier molecular flexibility index (Phi) is 6.00. The van der Waals surface area contributed by atoms with Gasteiger partial charge in [0, 0.05) is 6.04 Å². The first-order valence-electron chi connectivity index (χ1n) is 8.17. The van der Waals surface area contributed by atoms with Gasteiger partial charge in [0.15, 0.2) is 9.84 Å². The number of nitrogens with one attached hydrogen (secondary N) is 1. The minimum Gasteiger partial charge on any atom is -0.349 e. The minimum atomic E-state index is -3.39. The molecule has 4 nitrogen and oxygen atoms in total. The van der Waals surface area contributed by atoms with Gasteiger partial charge in [0.1, 0.15) is 0 Å². The van der Waals surface area contributed by atoms with Crippen LogP contribution in [0.3, 0.4) is 0 Å². The topological polar surface area (TPSA) is 63.2 Å². The summed E-state index contributed by atoms with van der Waals surface area (Å²) < 4.78 is 24.6. The summed E-state index contributed by atoms with van der Waals surface area (Å²) in [6.45, 7) is 1.83. The Morgan fingerprint density at radius 3 is 2.41 bits per heavy atom. The third-order valence-corrected chi connectivity index (χ3v) is 6.10. The molecule has 1 N–H and O–H groups in total. The normalized spacial score (nSPS) is 17.0. The van der Waals surface area contributed by atoms with E-state index in [0.717, 1.165) is 25.7 Å². The summed E-state index contributed by atoms with van der Waals surface area (Å²) in [5, 5.41) is 3.03. The number of amides is 1. The molecule has 0 aromatic heterocycles. The second-order valence-corrected chi connectivity index (χ2v) is 8.05. The van der Waals surface area contributed by atoms with E-state index in [-0.39, 0.29) is 28.2 Å². The van der Waals surface area contributed by atoms with Crippen molar-refractivity contribution in [2.24, 2.45) is 0 Å². The average Bonchev–Trinajstić information content (AvgIpc) is 2.76. The lowest BCUT2D eigenvalue weighted by Gasteiger charge is -2.17. The van der Waals surface area contributed by atoms with Crippen LogP contribution in [0, 0.1) is 0 Å². The van der Waals surface area contributed by atoms with Crippen LogP contribution < -0.4 is 5.32 Å². The van der Waals surface area contributed by atoms with Gasteiger partial charge in [0.25, 0.3) is 5.91 Å². The zero-order chi connectivity index (χ0) is 16.0. The van der Waals surface area contributed by atoms with Crippen LogP contribution in [0.15, 0.2) is 29.2 Å². The molecule has 1 fully saturated rings. The minimum absolute atomic E-state index is 0.0702. The van der Waals surface area contributed by atoms with Gasteiger partial charge in [-0.15, -0.1) is 0 Å². The summed E-state index contributed by atoms with van der Waals surface area (Å²) in [6.07, 6.45) is 7.19. The van der Waals surface area contributed by atoms with Gasteiger partial charge in [-0.25, -0.2) is 8.42 Å². The Morgan fingerprint density at radius 2 is 1.77 bits per heavy atom. The second kappa shape index (κ2) is 7.77. The van der Waals surface area contributed by atoms with E-state index in [0.29, 0.717) is 6.42 Å². The maximum Gasteiger partial charge on any atom is 0.252 e. The Balaban J connectivity index is 2.19. The lowest BCUT2D eigenvalue weighted by atomic mass is 10.1. The van der Waals surface area contributed by atoms with Gasteiger partial charge in [-0.2, -0.15) is 0 Å². The highest BCUT2D eigenvalue weighted by Gasteiger charge is 2.23. The van der Waals surface area contributed by atoms with Crippen LogP contribution in [0.5, 0.6) is 0 Å². The zero-order valence-corrected chi connectivity index (χ0v) is 14.0. The van der Waals surface area contributed by atoms with E-state index in [2.05, 4.69) is 5.32 Å². The lowest BCUT2D eigenvalue weighted by Crippen LogP contribution is -2.35. The molecular weight excluding hydrogens is 298 g/mol. The summed E-state index contributed by atoms with van der Waals surface area (Å²) >= 11 is 0. The van der Waals surface area contributed by atoms with Gasteiger partial charge in [0.2, 0.25) is 0 Å². The summed E-state index contributed by atoms with van der Waals surface area (Å²) in [5.41, 5.74) is 0.278. The molecule has 2 rings (SSSR count). The first-order chi connectivity index (χ1) is 10.5. The second-order valence-electron chi connectivity index (χ2n) is 5.98. The molecule has 0 heterocycles. The zero-order valence-electron chi connectivity index (χ0n) is 13.2. The fraction of sp³-hybridized carbons (Fsp3) is 0.588. The van der Waals surface area contributed by atoms with Gasteiger partial charge in [0.05, 0.1) is 16.2 Å². The van der Waals surface area contributed by atoms with Crippen LogP contribution >= 0.6 is 0 Å². The average molecular weight is 323 g/mol. The van der Waals surface area contributed by atoms with Gasteiger partial charge < -0.3 is 5.32 Å². The van der Waals surface area contributed by atoms with Crippen molar-refractivity contribution < 1.29 is 13.2 Å². The smallest absolute Gasteiger partial charge is 0.252 e. The molecule has 0 aliphatic heterocycles. The molecule has 1 aromatic rings. The van der Waals surface area contributed by atoms with Crippen molar-refractivity contribution in [3.8, 4) is 0 Å². The van der Waals surface area contributed by atoms with Crippen LogP contribution in [0.2, 0.25) is 0 Å². The van der Waals surface area contributed by atoms with E-state index in [1.54, 1.807) is 18.2 Å². The lowest BCUT2D eigenvalue weighted by molar-refractivity contribution is 0.0930. The van der Waals surface area contributed by atoms with Crippen LogP contribution in [0.1, 0.15) is 62.2 Å². The van der Waals surface area contributed by atoms with Crippen molar-refractivity contribution in [3.63, 3.8) is 0 Å². The van der Waals surface area contributed by atoms with Crippen molar-refractivity contribution in [1.82, 2.24) is 5.32 Å². The maximum atomic E-state index is 12.5. The number of carbonyl (C=O) groups is 1. The van der Waals surface area contributed by atoms with E-state index in [4.69, 9.17) is 0 Å². The molecule has 1 saturated carbocycles. The summed E-state index contributed by atoms with van der Waals surface area (Å²) in [5.74, 6) is -0.192. The van der Waals surface area contributed by atoms with Crippen LogP contribution in [0.25, 0.3) is 0 Å². The largest absolute Gasteiger partial charge is 0.349 e. The van der Waals surface area contributed by atoms with E-state index < -0.39 is 9.84 Å². The van der Waals surface area contributed by atoms with Gasteiger partial charge >= 0.3 is 0 Å². The van der Waals surface area contributed by atoms with Crippen LogP contribution in [-0.4, -0.2) is 26.1 Å². The molecule has 0 bridgehead atoms. The van der Waals surface area contributed by atoms with E-state index in [1.807, 2.05) is 6.92 Å². The molecule has 1 aromatic carbocycles. The summed E-state index contributed by atoms with van der Waals surface area (Å²) in [4.78, 5) is 12.7. The third kappa shape index (κ3) is 4.32. The molecule has 22 heavy (non-hydrogen) atoms. The number of hydrogen-bond donors (Lipinski definition) is 1.